The molecule has 2 saturated heterocycles. The normalized spacial score (nSPS) is 35.2. The number of anilines is 1. The van der Waals surface area contributed by atoms with E-state index >= 15 is 0 Å². The fourth-order valence-electron chi connectivity index (χ4n) is 6.94. The van der Waals surface area contributed by atoms with E-state index in [1.165, 1.54) is 6.42 Å². The number of amides is 3. The fourth-order valence-corrected chi connectivity index (χ4v) is 6.94. The minimum Gasteiger partial charge on any atom is -0.360 e. The van der Waals surface area contributed by atoms with Crippen molar-refractivity contribution in [3.05, 3.63) is 24.0 Å². The van der Waals surface area contributed by atoms with Gasteiger partial charge in [-0.2, -0.15) is 0 Å². The van der Waals surface area contributed by atoms with Crippen LogP contribution in [0, 0.1) is 18.8 Å². The Labute approximate surface area is 198 Å². The van der Waals surface area contributed by atoms with Gasteiger partial charge in [0, 0.05) is 18.2 Å². The van der Waals surface area contributed by atoms with Gasteiger partial charge in [-0.1, -0.05) is 49.4 Å². The van der Waals surface area contributed by atoms with Crippen LogP contribution >= 0.6 is 0 Å². The van der Waals surface area contributed by atoms with E-state index in [-0.39, 0.29) is 29.8 Å². The lowest BCUT2D eigenvalue weighted by Crippen LogP contribution is -2.58. The van der Waals surface area contributed by atoms with E-state index in [0.29, 0.717) is 11.6 Å². The zero-order chi connectivity index (χ0) is 23.4. The van der Waals surface area contributed by atoms with Gasteiger partial charge in [-0.05, 0) is 32.6 Å². The molecule has 2 saturated carbocycles. The van der Waals surface area contributed by atoms with Crippen molar-refractivity contribution in [2.75, 3.05) is 5.32 Å². The minimum absolute atomic E-state index is 0.00697. The molecule has 6 rings (SSSR count). The van der Waals surface area contributed by atoms with Crippen LogP contribution in [0.1, 0.15) is 63.5 Å². The maximum Gasteiger partial charge on any atom is 0.246 e. The first kappa shape index (κ1) is 21.8. The number of carbonyl (C=O) groups excluding carboxylic acids is 3. The van der Waals surface area contributed by atoms with Gasteiger partial charge in [-0.25, -0.2) is 0 Å². The molecule has 1 aromatic heterocycles. The lowest BCUT2D eigenvalue weighted by atomic mass is 9.74. The second-order valence-corrected chi connectivity index (χ2v) is 10.5. The first-order valence-corrected chi connectivity index (χ1v) is 12.7. The highest BCUT2D eigenvalue weighted by Gasteiger charge is 2.73. The highest BCUT2D eigenvalue weighted by atomic mass is 16.5. The van der Waals surface area contributed by atoms with Gasteiger partial charge < -0.3 is 24.8 Å². The summed E-state index contributed by atoms with van der Waals surface area (Å²) in [7, 11) is 0. The zero-order valence-corrected chi connectivity index (χ0v) is 19.5. The summed E-state index contributed by atoms with van der Waals surface area (Å²) in [5, 5.41) is 9.88. The van der Waals surface area contributed by atoms with Gasteiger partial charge in [-0.3, -0.25) is 14.4 Å². The largest absolute Gasteiger partial charge is 0.360 e. The van der Waals surface area contributed by atoms with Crippen LogP contribution < -0.4 is 10.6 Å². The number of nitrogens with zero attached hydrogens (tertiary/aromatic N) is 2. The Kier molecular flexibility index (Phi) is 5.28. The molecule has 9 heteroatoms. The van der Waals surface area contributed by atoms with Gasteiger partial charge in [-0.15, -0.1) is 0 Å². The Balaban J connectivity index is 1.32. The third-order valence-electron chi connectivity index (χ3n) is 8.41. The number of ether oxygens (including phenoxy) is 1. The van der Waals surface area contributed by atoms with Crippen molar-refractivity contribution in [1.82, 2.24) is 15.4 Å². The zero-order valence-electron chi connectivity index (χ0n) is 19.5. The van der Waals surface area contributed by atoms with Crippen LogP contribution in [0.4, 0.5) is 5.82 Å². The molecule has 34 heavy (non-hydrogen) atoms. The van der Waals surface area contributed by atoms with E-state index < -0.39 is 29.6 Å². The molecule has 5 unspecified atom stereocenters. The average Bonchev–Trinajstić information content (AvgIpc) is 3.63. The van der Waals surface area contributed by atoms with Crippen LogP contribution in [0.25, 0.3) is 0 Å². The summed E-state index contributed by atoms with van der Waals surface area (Å²) in [6.45, 7) is 1.75. The van der Waals surface area contributed by atoms with Crippen LogP contribution in [0.2, 0.25) is 0 Å². The summed E-state index contributed by atoms with van der Waals surface area (Å²) in [6, 6.07) is 1.03. The number of carbonyl (C=O) groups is 3. The predicted octanol–water partition coefficient (Wildman–Crippen LogP) is 2.46. The van der Waals surface area contributed by atoms with E-state index in [1.807, 2.05) is 12.2 Å². The summed E-state index contributed by atoms with van der Waals surface area (Å²) in [5.41, 5.74) is -1.11. The number of likely N-dealkylation sites (tertiary alicyclic amines) is 1. The van der Waals surface area contributed by atoms with E-state index in [1.54, 1.807) is 17.9 Å². The molecule has 3 amide bonds. The minimum atomic E-state index is -1.11. The van der Waals surface area contributed by atoms with Crippen LogP contribution in [0.15, 0.2) is 22.7 Å². The van der Waals surface area contributed by atoms with Gasteiger partial charge in [0.25, 0.3) is 0 Å². The van der Waals surface area contributed by atoms with Gasteiger partial charge in [0.05, 0.1) is 17.9 Å². The highest BCUT2D eigenvalue weighted by molar-refractivity contribution is 6.02. The topological polar surface area (TPSA) is 114 Å². The van der Waals surface area contributed by atoms with E-state index in [2.05, 4.69) is 15.8 Å². The summed E-state index contributed by atoms with van der Waals surface area (Å²) in [5.74, 6) is -1.16. The Morgan fingerprint density at radius 2 is 1.82 bits per heavy atom. The van der Waals surface area contributed by atoms with Crippen molar-refractivity contribution in [2.24, 2.45) is 11.8 Å². The van der Waals surface area contributed by atoms with Crippen molar-refractivity contribution in [1.29, 1.82) is 0 Å². The number of fused-ring (bicyclic) bond motifs is 1. The third kappa shape index (κ3) is 3.31. The van der Waals surface area contributed by atoms with E-state index in [4.69, 9.17) is 9.26 Å². The molecule has 5 aliphatic rings. The molecule has 0 aromatic carbocycles. The number of hydrogen-bond donors (Lipinski definition) is 2. The summed E-state index contributed by atoms with van der Waals surface area (Å²) < 4.78 is 11.5. The van der Waals surface area contributed by atoms with Crippen LogP contribution in [-0.4, -0.2) is 57.6 Å². The standard InChI is InChI=1S/C25H32N4O5/c1-14-13-18(28-34-14)27-22(30)19-17-11-12-25(33-17)20(19)24(32)29(16-9-5-6-10-16)21(25)23(31)26-15-7-3-2-4-8-15/h11-13,15-17,19-21H,2-10H2,1H3,(H,26,31)(H,27,28,30). The van der Waals surface area contributed by atoms with E-state index in [0.717, 1.165) is 51.4 Å². The van der Waals surface area contributed by atoms with Crippen LogP contribution in [-0.2, 0) is 19.1 Å². The first-order chi connectivity index (χ1) is 16.5. The number of aromatic nitrogens is 1. The van der Waals surface area contributed by atoms with Crippen molar-refractivity contribution in [3.8, 4) is 0 Å². The number of hydrogen-bond acceptors (Lipinski definition) is 6. The molecule has 1 spiro atoms. The molecular weight excluding hydrogens is 436 g/mol. The number of nitrogens with one attached hydrogen (secondary N) is 2. The summed E-state index contributed by atoms with van der Waals surface area (Å²) in [6.07, 6.45) is 12.4. The SMILES string of the molecule is Cc1cc(NC(=O)C2C3C=CC4(O3)C2C(=O)N(C2CCCC2)C4C(=O)NC2CCCCC2)no1. The van der Waals surface area contributed by atoms with Crippen LogP contribution in [0.3, 0.4) is 0 Å². The van der Waals surface area contributed by atoms with Gasteiger partial charge >= 0.3 is 0 Å². The Morgan fingerprint density at radius 3 is 2.53 bits per heavy atom. The van der Waals surface area contributed by atoms with Crippen molar-refractivity contribution >= 4 is 23.5 Å². The molecule has 1 aromatic rings. The first-order valence-electron chi connectivity index (χ1n) is 12.7. The third-order valence-corrected chi connectivity index (χ3v) is 8.41. The maximum absolute atomic E-state index is 14.0. The average molecular weight is 469 g/mol. The lowest BCUT2D eigenvalue weighted by molar-refractivity contribution is -0.144. The molecule has 4 fully saturated rings. The molecule has 2 N–H and O–H groups in total. The molecule has 0 radical (unpaired) electrons. The molecule has 4 heterocycles. The van der Waals surface area contributed by atoms with Crippen molar-refractivity contribution < 1.29 is 23.6 Å². The molecule has 2 aliphatic carbocycles. The Hall–Kier alpha value is -2.68. The monoisotopic (exact) mass is 468 g/mol. The molecule has 182 valence electrons. The molecule has 3 aliphatic heterocycles. The van der Waals surface area contributed by atoms with Gasteiger partial charge in [0.2, 0.25) is 17.7 Å². The molecular formula is C25H32N4O5. The summed E-state index contributed by atoms with van der Waals surface area (Å²) in [4.78, 5) is 42.9. The Morgan fingerprint density at radius 1 is 1.09 bits per heavy atom. The lowest BCUT2D eigenvalue weighted by Gasteiger charge is -2.36. The maximum atomic E-state index is 14.0. The second-order valence-electron chi connectivity index (χ2n) is 10.5. The quantitative estimate of drug-likeness (QED) is 0.642. The predicted molar refractivity (Wildman–Crippen MR) is 121 cm³/mol. The van der Waals surface area contributed by atoms with E-state index in [9.17, 15) is 14.4 Å². The summed E-state index contributed by atoms with van der Waals surface area (Å²) >= 11 is 0. The number of aryl methyl sites for hydroxylation is 1. The van der Waals surface area contributed by atoms with Crippen molar-refractivity contribution in [3.63, 3.8) is 0 Å². The smallest absolute Gasteiger partial charge is 0.246 e. The second kappa shape index (κ2) is 8.22. The Bertz CT molecular complexity index is 1020. The van der Waals surface area contributed by atoms with Gasteiger partial charge in [0.1, 0.15) is 17.4 Å². The fraction of sp³-hybridized carbons (Fsp3) is 0.680. The van der Waals surface area contributed by atoms with Gasteiger partial charge in [0.15, 0.2) is 5.82 Å². The van der Waals surface area contributed by atoms with Crippen molar-refractivity contribution in [2.45, 2.75) is 94.5 Å². The molecule has 9 nitrogen and oxygen atoms in total. The number of rotatable bonds is 5. The molecule has 5 atom stereocenters. The van der Waals surface area contributed by atoms with Crippen LogP contribution in [0.5, 0.6) is 0 Å². The molecule has 2 bridgehead atoms. The highest BCUT2D eigenvalue weighted by Crippen LogP contribution is 2.56.